The van der Waals surface area contributed by atoms with Crippen LogP contribution in [0.25, 0.3) is 0 Å². The highest BCUT2D eigenvalue weighted by molar-refractivity contribution is 6.08. The first-order chi connectivity index (χ1) is 13.2. The molecule has 1 saturated carbocycles. The molecule has 1 fully saturated rings. The van der Waals surface area contributed by atoms with Gasteiger partial charge in [0.25, 0.3) is 0 Å². The van der Waals surface area contributed by atoms with E-state index in [0.717, 1.165) is 11.1 Å². The van der Waals surface area contributed by atoms with Gasteiger partial charge in [-0.1, -0.05) is 59.7 Å². The van der Waals surface area contributed by atoms with E-state index in [1.807, 2.05) is 26.0 Å². The molecule has 146 valence electrons. The first-order valence-corrected chi connectivity index (χ1v) is 9.26. The van der Waals surface area contributed by atoms with Crippen LogP contribution in [0.1, 0.15) is 39.9 Å². The fraction of sp³-hybridized carbons (Fsp3) is 0.348. The van der Waals surface area contributed by atoms with Crippen LogP contribution in [0.15, 0.2) is 48.5 Å². The average Bonchev–Trinajstić information content (AvgIpc) is 2.67. The molecule has 5 nitrogen and oxygen atoms in total. The first-order valence-electron chi connectivity index (χ1n) is 9.26. The third-order valence-electron chi connectivity index (χ3n) is 5.49. The van der Waals surface area contributed by atoms with E-state index < -0.39 is 29.2 Å². The monoisotopic (exact) mass is 380 g/mol. The largest absolute Gasteiger partial charge is 0.468 e. The normalized spacial score (nSPS) is 24.6. The second kappa shape index (κ2) is 7.68. The molecule has 5 heteroatoms. The molecule has 1 N–H and O–H groups in total. The van der Waals surface area contributed by atoms with Crippen LogP contribution in [0.4, 0.5) is 0 Å². The highest BCUT2D eigenvalue weighted by Crippen LogP contribution is 2.42. The zero-order valence-corrected chi connectivity index (χ0v) is 16.3. The molecule has 0 spiro atoms. The van der Waals surface area contributed by atoms with Gasteiger partial charge in [0.1, 0.15) is 5.92 Å². The van der Waals surface area contributed by atoms with Crippen molar-refractivity contribution < 1.29 is 24.2 Å². The van der Waals surface area contributed by atoms with Crippen molar-refractivity contribution in [2.75, 3.05) is 7.11 Å². The van der Waals surface area contributed by atoms with Gasteiger partial charge in [0.2, 0.25) is 0 Å². The maximum absolute atomic E-state index is 13.2. The Morgan fingerprint density at radius 2 is 1.54 bits per heavy atom. The lowest BCUT2D eigenvalue weighted by atomic mass is 9.66. The quantitative estimate of drug-likeness (QED) is 0.501. The third kappa shape index (κ3) is 3.76. The van der Waals surface area contributed by atoms with Gasteiger partial charge in [-0.05, 0) is 25.8 Å². The van der Waals surface area contributed by atoms with E-state index in [4.69, 9.17) is 4.74 Å². The molecule has 3 atom stereocenters. The van der Waals surface area contributed by atoms with Gasteiger partial charge in [-0.15, -0.1) is 0 Å². The van der Waals surface area contributed by atoms with Crippen LogP contribution in [0.5, 0.6) is 0 Å². The minimum atomic E-state index is -1.50. The van der Waals surface area contributed by atoms with Crippen molar-refractivity contribution in [3.63, 3.8) is 0 Å². The van der Waals surface area contributed by atoms with Gasteiger partial charge in [-0.3, -0.25) is 14.4 Å². The number of aliphatic hydroxyl groups is 1. The maximum atomic E-state index is 13.2. The molecule has 1 aliphatic carbocycles. The Bertz CT molecular complexity index is 898. The topological polar surface area (TPSA) is 80.7 Å². The lowest BCUT2D eigenvalue weighted by Crippen LogP contribution is -2.48. The molecule has 3 rings (SSSR count). The molecule has 1 aliphatic rings. The fourth-order valence-electron chi connectivity index (χ4n) is 3.86. The van der Waals surface area contributed by atoms with Gasteiger partial charge in [-0.25, -0.2) is 0 Å². The summed E-state index contributed by atoms with van der Waals surface area (Å²) in [6.45, 7) is 3.84. The summed E-state index contributed by atoms with van der Waals surface area (Å²) in [6, 6.07) is 14.2. The Kier molecular flexibility index (Phi) is 5.47. The van der Waals surface area contributed by atoms with Gasteiger partial charge >= 0.3 is 5.97 Å². The minimum Gasteiger partial charge on any atom is -0.468 e. The summed E-state index contributed by atoms with van der Waals surface area (Å²) in [6.07, 6.45) is -0.248. The molecular formula is C23H24O5. The highest BCUT2D eigenvalue weighted by atomic mass is 16.5. The Balaban J connectivity index is 2.01. The number of carbonyl (C=O) groups is 3. The molecule has 0 bridgehead atoms. The molecule has 0 aromatic heterocycles. The Labute approximate surface area is 164 Å². The fourth-order valence-corrected chi connectivity index (χ4v) is 3.86. The van der Waals surface area contributed by atoms with Crippen LogP contribution in [-0.2, 0) is 19.9 Å². The number of hydrogen-bond acceptors (Lipinski definition) is 5. The van der Waals surface area contributed by atoms with Crippen molar-refractivity contribution in [1.82, 2.24) is 0 Å². The van der Waals surface area contributed by atoms with E-state index in [1.54, 1.807) is 36.4 Å². The van der Waals surface area contributed by atoms with Crippen molar-refractivity contribution in [3.8, 4) is 0 Å². The predicted octanol–water partition coefficient (Wildman–Crippen LogP) is 3.14. The van der Waals surface area contributed by atoms with Crippen LogP contribution in [0, 0.1) is 25.7 Å². The van der Waals surface area contributed by atoms with Crippen molar-refractivity contribution in [3.05, 3.63) is 70.8 Å². The van der Waals surface area contributed by atoms with Crippen LogP contribution < -0.4 is 0 Å². The smallest absolute Gasteiger partial charge is 0.316 e. The van der Waals surface area contributed by atoms with E-state index in [-0.39, 0.29) is 18.6 Å². The van der Waals surface area contributed by atoms with Crippen molar-refractivity contribution in [2.45, 2.75) is 32.3 Å². The minimum absolute atomic E-state index is 0.0196. The number of esters is 1. The van der Waals surface area contributed by atoms with Gasteiger partial charge in [0, 0.05) is 17.9 Å². The number of methoxy groups -OCH3 is 1. The summed E-state index contributed by atoms with van der Waals surface area (Å²) in [4.78, 5) is 38.3. The van der Waals surface area contributed by atoms with E-state index in [2.05, 4.69) is 0 Å². The molecule has 0 unspecified atom stereocenters. The maximum Gasteiger partial charge on any atom is 0.316 e. The summed E-state index contributed by atoms with van der Waals surface area (Å²) in [5, 5.41) is 11.3. The summed E-state index contributed by atoms with van der Waals surface area (Å²) in [5.41, 5.74) is 1.49. The van der Waals surface area contributed by atoms with E-state index in [1.165, 1.54) is 7.11 Å². The SMILES string of the molecule is COC(=O)[C@H]1C(=O)C[C@](O)(c2ccc(C)cc2)C[C@@H]1C(=O)c1ccc(C)cc1. The van der Waals surface area contributed by atoms with Gasteiger partial charge in [0.05, 0.1) is 12.7 Å². The number of hydrogen-bond donors (Lipinski definition) is 1. The molecule has 0 heterocycles. The molecule has 0 amide bonds. The van der Waals surface area contributed by atoms with Crippen molar-refractivity contribution >= 4 is 17.5 Å². The zero-order valence-electron chi connectivity index (χ0n) is 16.3. The second-order valence-corrected chi connectivity index (χ2v) is 7.58. The molecule has 0 saturated heterocycles. The standard InChI is InChI=1S/C23H24O5/c1-14-4-8-16(9-5-14)21(25)18-12-23(27,17-10-6-15(2)7-11-17)13-19(24)20(18)22(26)28-3/h4-11,18,20,27H,12-13H2,1-3H3/t18-,20+,23-/m0/s1. The summed E-state index contributed by atoms with van der Waals surface area (Å²) in [5.74, 6) is -3.74. The van der Waals surface area contributed by atoms with Gasteiger partial charge in [0.15, 0.2) is 11.6 Å². The number of ether oxygens (including phenoxy) is 1. The van der Waals surface area contributed by atoms with Crippen LogP contribution >= 0.6 is 0 Å². The first kappa shape index (κ1) is 20.0. The molecule has 0 radical (unpaired) electrons. The molecule has 0 aliphatic heterocycles. The number of ketones is 2. The zero-order chi connectivity index (χ0) is 20.5. The summed E-state index contributed by atoms with van der Waals surface area (Å²) < 4.78 is 4.79. The van der Waals surface area contributed by atoms with Crippen LogP contribution in [-0.4, -0.2) is 29.8 Å². The van der Waals surface area contributed by atoms with Crippen molar-refractivity contribution in [1.29, 1.82) is 0 Å². The molecule has 2 aromatic rings. The lowest BCUT2D eigenvalue weighted by molar-refractivity contribution is -0.157. The number of benzene rings is 2. The lowest BCUT2D eigenvalue weighted by Gasteiger charge is -2.39. The highest BCUT2D eigenvalue weighted by Gasteiger charge is 2.51. The average molecular weight is 380 g/mol. The van der Waals surface area contributed by atoms with Crippen LogP contribution in [0.2, 0.25) is 0 Å². The Morgan fingerprint density at radius 1 is 1.00 bits per heavy atom. The number of aryl methyl sites for hydroxylation is 2. The second-order valence-electron chi connectivity index (χ2n) is 7.58. The van der Waals surface area contributed by atoms with E-state index in [0.29, 0.717) is 11.1 Å². The summed E-state index contributed by atoms with van der Waals surface area (Å²) >= 11 is 0. The number of Topliss-reactive ketones (excluding diaryl/α,β-unsaturated/α-hetero) is 2. The van der Waals surface area contributed by atoms with Crippen LogP contribution in [0.3, 0.4) is 0 Å². The molecular weight excluding hydrogens is 356 g/mol. The van der Waals surface area contributed by atoms with Gasteiger partial charge < -0.3 is 9.84 Å². The molecule has 2 aromatic carbocycles. The van der Waals surface area contributed by atoms with Gasteiger partial charge in [-0.2, -0.15) is 0 Å². The molecule has 28 heavy (non-hydrogen) atoms. The summed E-state index contributed by atoms with van der Waals surface area (Å²) in [7, 11) is 1.20. The van der Waals surface area contributed by atoms with E-state index >= 15 is 0 Å². The third-order valence-corrected chi connectivity index (χ3v) is 5.49. The van der Waals surface area contributed by atoms with Crippen molar-refractivity contribution in [2.24, 2.45) is 11.8 Å². The predicted molar refractivity (Wildman–Crippen MR) is 104 cm³/mol. The van der Waals surface area contributed by atoms with E-state index in [9.17, 15) is 19.5 Å². The number of rotatable bonds is 4. The Hall–Kier alpha value is -2.79. The Morgan fingerprint density at radius 3 is 2.07 bits per heavy atom. The number of carbonyl (C=O) groups excluding carboxylic acids is 3.